The molecule has 74 valence electrons. The molecule has 0 unspecified atom stereocenters. The Kier molecular flexibility index (Phi) is 2.56. The number of aromatic amines is 1. The Morgan fingerprint density at radius 2 is 2.40 bits per heavy atom. The molecule has 0 saturated heterocycles. The number of terminal acetylenes is 1. The molecule has 0 bridgehead atoms. The Morgan fingerprint density at radius 3 is 3.20 bits per heavy atom. The van der Waals surface area contributed by atoms with Crippen LogP contribution in [-0.2, 0) is 0 Å². The highest BCUT2D eigenvalue weighted by atomic mass is 32.2. The van der Waals surface area contributed by atoms with E-state index < -0.39 is 0 Å². The number of H-pyrrole nitrogens is 1. The topological polar surface area (TPSA) is 80.5 Å². The van der Waals surface area contributed by atoms with E-state index in [0.717, 1.165) is 0 Å². The smallest absolute Gasteiger partial charge is 0.196 e. The number of rotatable bonds is 2. The molecule has 0 fully saturated rings. The van der Waals surface area contributed by atoms with E-state index in [-0.39, 0.29) is 0 Å². The van der Waals surface area contributed by atoms with Crippen LogP contribution in [0.2, 0.25) is 0 Å². The van der Waals surface area contributed by atoms with Gasteiger partial charge in [-0.15, -0.1) is 6.42 Å². The normalized spacial score (nSPS) is 10.9. The third-order valence-electron chi connectivity index (χ3n) is 1.63. The largest absolute Gasteiger partial charge is 0.382 e. The standard InChI is InChI=1S/C9H7N5S/c1-2-3-4-15-9-13-7(10)6-8(14-9)12-5-11-6/h1,3-5H,(H3,10,11,12,13,14)/b4-3+. The molecule has 0 radical (unpaired) electrons. The van der Waals surface area contributed by atoms with E-state index in [2.05, 4.69) is 25.9 Å². The fourth-order valence-corrected chi connectivity index (χ4v) is 1.58. The number of aromatic nitrogens is 4. The lowest BCUT2D eigenvalue weighted by Gasteiger charge is -1.97. The number of nitrogens with two attached hydrogens (primary N) is 1. The Morgan fingerprint density at radius 1 is 1.53 bits per heavy atom. The highest BCUT2D eigenvalue weighted by Gasteiger charge is 2.05. The monoisotopic (exact) mass is 217 g/mol. The molecular weight excluding hydrogens is 210 g/mol. The van der Waals surface area contributed by atoms with E-state index in [4.69, 9.17) is 12.2 Å². The number of hydrogen-bond donors (Lipinski definition) is 2. The van der Waals surface area contributed by atoms with E-state index in [1.54, 1.807) is 11.5 Å². The second-order valence-electron chi connectivity index (χ2n) is 2.58. The van der Waals surface area contributed by atoms with Gasteiger partial charge in [-0.3, -0.25) is 0 Å². The molecule has 0 aliphatic heterocycles. The fraction of sp³-hybridized carbons (Fsp3) is 0. The number of anilines is 1. The van der Waals surface area contributed by atoms with Gasteiger partial charge in [0.15, 0.2) is 16.6 Å². The SMILES string of the molecule is C#C/C=C/Sc1nc(N)c2[nH]cnc2n1. The summed E-state index contributed by atoms with van der Waals surface area (Å²) in [7, 11) is 0. The zero-order valence-corrected chi connectivity index (χ0v) is 8.45. The Balaban J connectivity index is 2.37. The first-order valence-corrected chi connectivity index (χ1v) is 4.93. The van der Waals surface area contributed by atoms with Crippen LogP contribution >= 0.6 is 11.8 Å². The Hall–Kier alpha value is -2.00. The molecule has 0 atom stereocenters. The maximum Gasteiger partial charge on any atom is 0.196 e. The van der Waals surface area contributed by atoms with Gasteiger partial charge in [-0.2, -0.15) is 0 Å². The zero-order chi connectivity index (χ0) is 10.7. The molecule has 2 heterocycles. The summed E-state index contributed by atoms with van der Waals surface area (Å²) in [4.78, 5) is 15.1. The van der Waals surface area contributed by atoms with Crippen molar-refractivity contribution in [3.05, 3.63) is 17.8 Å². The summed E-state index contributed by atoms with van der Waals surface area (Å²) in [5, 5.41) is 2.24. The number of hydrogen-bond acceptors (Lipinski definition) is 5. The van der Waals surface area contributed by atoms with Gasteiger partial charge in [0.25, 0.3) is 0 Å². The van der Waals surface area contributed by atoms with Crippen LogP contribution in [0.1, 0.15) is 0 Å². The summed E-state index contributed by atoms with van der Waals surface area (Å²) in [6.45, 7) is 0. The van der Waals surface area contributed by atoms with Gasteiger partial charge < -0.3 is 10.7 Å². The molecule has 0 amide bonds. The summed E-state index contributed by atoms with van der Waals surface area (Å²) in [5.41, 5.74) is 6.91. The number of nitrogen functional groups attached to an aromatic ring is 1. The van der Waals surface area contributed by atoms with Crippen molar-refractivity contribution in [2.45, 2.75) is 5.16 Å². The summed E-state index contributed by atoms with van der Waals surface area (Å²) >= 11 is 1.30. The van der Waals surface area contributed by atoms with Crippen LogP contribution in [0, 0.1) is 12.3 Å². The van der Waals surface area contributed by atoms with Gasteiger partial charge in [0.05, 0.1) is 6.33 Å². The quantitative estimate of drug-likeness (QED) is 0.448. The third kappa shape index (κ3) is 1.92. The Labute approximate surface area is 90.2 Å². The van der Waals surface area contributed by atoms with E-state index in [9.17, 15) is 0 Å². The van der Waals surface area contributed by atoms with Crippen molar-refractivity contribution in [3.8, 4) is 12.3 Å². The maximum atomic E-state index is 5.71. The van der Waals surface area contributed by atoms with Crippen LogP contribution in [0.5, 0.6) is 0 Å². The van der Waals surface area contributed by atoms with Gasteiger partial charge >= 0.3 is 0 Å². The van der Waals surface area contributed by atoms with Crippen molar-refractivity contribution in [1.82, 2.24) is 19.9 Å². The number of thioether (sulfide) groups is 1. The summed E-state index contributed by atoms with van der Waals surface area (Å²) in [5.74, 6) is 2.76. The summed E-state index contributed by atoms with van der Waals surface area (Å²) < 4.78 is 0. The maximum absolute atomic E-state index is 5.71. The van der Waals surface area contributed by atoms with Crippen LogP contribution in [0.4, 0.5) is 5.82 Å². The number of nitrogens with one attached hydrogen (secondary N) is 1. The minimum Gasteiger partial charge on any atom is -0.382 e. The summed E-state index contributed by atoms with van der Waals surface area (Å²) in [6, 6.07) is 0. The lowest BCUT2D eigenvalue weighted by atomic mass is 10.5. The number of fused-ring (bicyclic) bond motifs is 1. The molecule has 2 aromatic heterocycles. The van der Waals surface area contributed by atoms with Gasteiger partial charge in [-0.05, 0) is 11.5 Å². The van der Waals surface area contributed by atoms with E-state index in [0.29, 0.717) is 22.1 Å². The minimum absolute atomic E-state index is 0.383. The van der Waals surface area contributed by atoms with Gasteiger partial charge in [0.2, 0.25) is 0 Å². The minimum atomic E-state index is 0.383. The highest BCUT2D eigenvalue weighted by molar-refractivity contribution is 8.02. The second-order valence-corrected chi connectivity index (χ2v) is 3.45. The first-order chi connectivity index (χ1) is 7.31. The van der Waals surface area contributed by atoms with Crippen molar-refractivity contribution in [3.63, 3.8) is 0 Å². The molecule has 0 aliphatic carbocycles. The molecule has 0 aliphatic rings. The molecule has 0 spiro atoms. The van der Waals surface area contributed by atoms with Crippen LogP contribution in [0.25, 0.3) is 11.2 Å². The lowest BCUT2D eigenvalue weighted by Crippen LogP contribution is -1.95. The molecule has 2 aromatic rings. The van der Waals surface area contributed by atoms with Crippen LogP contribution in [0.15, 0.2) is 23.0 Å². The molecule has 0 aromatic carbocycles. The predicted octanol–water partition coefficient (Wildman–Crippen LogP) is 1.17. The van der Waals surface area contributed by atoms with Crippen LogP contribution in [-0.4, -0.2) is 19.9 Å². The van der Waals surface area contributed by atoms with Crippen molar-refractivity contribution < 1.29 is 0 Å². The predicted molar refractivity (Wildman–Crippen MR) is 59.9 cm³/mol. The number of allylic oxidation sites excluding steroid dienone is 1. The van der Waals surface area contributed by atoms with Crippen molar-refractivity contribution in [1.29, 1.82) is 0 Å². The van der Waals surface area contributed by atoms with E-state index in [1.165, 1.54) is 18.1 Å². The molecule has 3 N–H and O–H groups in total. The average molecular weight is 217 g/mol. The molecular formula is C9H7N5S. The van der Waals surface area contributed by atoms with Crippen molar-refractivity contribution in [2.24, 2.45) is 0 Å². The first kappa shape index (κ1) is 9.55. The molecule has 0 saturated carbocycles. The second kappa shape index (κ2) is 4.02. The number of imidazole rings is 1. The van der Waals surface area contributed by atoms with Gasteiger partial charge in [-0.25, -0.2) is 15.0 Å². The first-order valence-electron chi connectivity index (χ1n) is 4.05. The fourth-order valence-electron chi connectivity index (χ4n) is 1.02. The summed E-state index contributed by atoms with van der Waals surface area (Å²) in [6.07, 6.45) is 8.16. The van der Waals surface area contributed by atoms with Gasteiger partial charge in [-0.1, -0.05) is 17.7 Å². The molecule has 2 rings (SSSR count). The lowest BCUT2D eigenvalue weighted by molar-refractivity contribution is 1.01. The van der Waals surface area contributed by atoms with Crippen LogP contribution < -0.4 is 5.73 Å². The van der Waals surface area contributed by atoms with Crippen LogP contribution in [0.3, 0.4) is 0 Å². The molecule has 15 heavy (non-hydrogen) atoms. The van der Waals surface area contributed by atoms with Crippen molar-refractivity contribution >= 4 is 28.7 Å². The van der Waals surface area contributed by atoms with Crippen molar-refractivity contribution in [2.75, 3.05) is 5.73 Å². The molecule has 5 nitrogen and oxygen atoms in total. The van der Waals surface area contributed by atoms with E-state index in [1.807, 2.05) is 0 Å². The van der Waals surface area contributed by atoms with Gasteiger partial charge in [0, 0.05) is 0 Å². The number of nitrogens with zero attached hydrogens (tertiary/aromatic N) is 3. The average Bonchev–Trinajstić information content (AvgIpc) is 2.66. The third-order valence-corrected chi connectivity index (χ3v) is 2.30. The highest BCUT2D eigenvalue weighted by Crippen LogP contribution is 2.20. The Bertz CT molecular complexity index is 551. The zero-order valence-electron chi connectivity index (χ0n) is 7.64. The molecule has 6 heteroatoms. The van der Waals surface area contributed by atoms with E-state index >= 15 is 0 Å². The van der Waals surface area contributed by atoms with Gasteiger partial charge in [0.1, 0.15) is 5.52 Å².